The lowest BCUT2D eigenvalue weighted by Crippen LogP contribution is -2.49. The smallest absolute Gasteiger partial charge is 0.134 e. The topological polar surface area (TPSA) is 58.7 Å². The lowest BCUT2D eigenvalue weighted by Gasteiger charge is -2.34. The Morgan fingerprint density at radius 3 is 3.06 bits per heavy atom. The van der Waals surface area contributed by atoms with Gasteiger partial charge in [-0.3, -0.25) is 4.90 Å². The third kappa shape index (κ3) is 3.36. The van der Waals surface area contributed by atoms with Gasteiger partial charge in [-0.05, 0) is 24.6 Å². The molecule has 1 fully saturated rings. The van der Waals surface area contributed by atoms with Crippen molar-refractivity contribution in [3.8, 4) is 5.75 Å². The number of phenolic OH excluding ortho intramolecular Hbond substituents is 1. The second-order valence-electron chi connectivity index (χ2n) is 4.79. The van der Waals surface area contributed by atoms with E-state index in [2.05, 4.69) is 4.90 Å². The molecule has 1 saturated heterocycles. The van der Waals surface area contributed by atoms with Crippen LogP contribution >= 0.6 is 11.6 Å². The fraction of sp³-hybridized carbons (Fsp3) is 0.538. The average molecular weight is 271 g/mol. The largest absolute Gasteiger partial charge is 0.506 e. The summed E-state index contributed by atoms with van der Waals surface area (Å²) in [6.07, 6.45) is 0.0892. The molecule has 2 rings (SSSR count). The molecule has 1 heterocycles. The standard InChI is InChI=1S/C13H19ClN2O2/c1-9(15)13-8-16(4-5-18-13)7-10-2-3-12(17)11(14)6-10/h2-3,6,9,13,17H,4-5,7-8,15H2,1H3. The van der Waals surface area contributed by atoms with Crippen LogP contribution in [0.15, 0.2) is 18.2 Å². The zero-order chi connectivity index (χ0) is 13.1. The highest BCUT2D eigenvalue weighted by Crippen LogP contribution is 2.24. The van der Waals surface area contributed by atoms with E-state index in [0.717, 1.165) is 25.2 Å². The number of hydrogen-bond donors (Lipinski definition) is 2. The molecule has 0 aliphatic carbocycles. The first-order chi connectivity index (χ1) is 8.56. The van der Waals surface area contributed by atoms with Gasteiger partial charge in [-0.2, -0.15) is 0 Å². The number of ether oxygens (including phenoxy) is 1. The van der Waals surface area contributed by atoms with Gasteiger partial charge < -0.3 is 15.6 Å². The monoisotopic (exact) mass is 270 g/mol. The molecule has 2 atom stereocenters. The molecule has 1 aliphatic heterocycles. The number of phenols is 1. The number of morpholine rings is 1. The number of halogens is 1. The number of benzene rings is 1. The van der Waals surface area contributed by atoms with Crippen LogP contribution < -0.4 is 5.73 Å². The summed E-state index contributed by atoms with van der Waals surface area (Å²) < 4.78 is 5.62. The molecule has 0 bridgehead atoms. The molecule has 3 N–H and O–H groups in total. The molecule has 0 radical (unpaired) electrons. The highest BCUT2D eigenvalue weighted by Gasteiger charge is 2.23. The van der Waals surface area contributed by atoms with E-state index in [1.54, 1.807) is 12.1 Å². The van der Waals surface area contributed by atoms with Crippen LogP contribution in [-0.2, 0) is 11.3 Å². The van der Waals surface area contributed by atoms with Crippen molar-refractivity contribution >= 4 is 11.6 Å². The molecule has 100 valence electrons. The van der Waals surface area contributed by atoms with Gasteiger partial charge in [0.1, 0.15) is 5.75 Å². The molecule has 1 aromatic rings. The van der Waals surface area contributed by atoms with Crippen LogP contribution in [0.4, 0.5) is 0 Å². The number of nitrogens with zero attached hydrogens (tertiary/aromatic N) is 1. The molecule has 0 aromatic heterocycles. The third-order valence-electron chi connectivity index (χ3n) is 3.18. The van der Waals surface area contributed by atoms with Gasteiger partial charge >= 0.3 is 0 Å². The van der Waals surface area contributed by atoms with E-state index < -0.39 is 0 Å². The summed E-state index contributed by atoms with van der Waals surface area (Å²) in [6, 6.07) is 5.35. The number of aromatic hydroxyl groups is 1. The summed E-state index contributed by atoms with van der Waals surface area (Å²) in [7, 11) is 0. The van der Waals surface area contributed by atoms with Crippen molar-refractivity contribution in [1.82, 2.24) is 4.90 Å². The van der Waals surface area contributed by atoms with Crippen LogP contribution in [0.5, 0.6) is 5.75 Å². The Hall–Kier alpha value is -0.810. The molecule has 18 heavy (non-hydrogen) atoms. The van der Waals surface area contributed by atoms with Gasteiger partial charge in [0.05, 0.1) is 17.7 Å². The van der Waals surface area contributed by atoms with Gasteiger partial charge in [-0.15, -0.1) is 0 Å². The van der Waals surface area contributed by atoms with Crippen molar-refractivity contribution < 1.29 is 9.84 Å². The summed E-state index contributed by atoms with van der Waals surface area (Å²) >= 11 is 5.90. The van der Waals surface area contributed by atoms with Crippen molar-refractivity contribution in [2.24, 2.45) is 5.73 Å². The Bertz CT molecular complexity index is 412. The molecular formula is C13H19ClN2O2. The van der Waals surface area contributed by atoms with E-state index in [0.29, 0.717) is 11.6 Å². The Kier molecular flexibility index (Phi) is 4.45. The van der Waals surface area contributed by atoms with Gasteiger partial charge in [0.15, 0.2) is 0 Å². The maximum Gasteiger partial charge on any atom is 0.134 e. The Morgan fingerprint density at radius 2 is 2.39 bits per heavy atom. The fourth-order valence-electron chi connectivity index (χ4n) is 2.10. The molecule has 5 heteroatoms. The van der Waals surface area contributed by atoms with Crippen molar-refractivity contribution in [2.45, 2.75) is 25.6 Å². The first-order valence-electron chi connectivity index (χ1n) is 6.13. The van der Waals surface area contributed by atoms with Crippen molar-refractivity contribution in [1.29, 1.82) is 0 Å². The maximum atomic E-state index is 9.38. The van der Waals surface area contributed by atoms with Gasteiger partial charge in [0.2, 0.25) is 0 Å². The van der Waals surface area contributed by atoms with Crippen molar-refractivity contribution in [3.05, 3.63) is 28.8 Å². The minimum Gasteiger partial charge on any atom is -0.506 e. The number of rotatable bonds is 3. The Balaban J connectivity index is 1.98. The first-order valence-corrected chi connectivity index (χ1v) is 6.51. The minimum absolute atomic E-state index is 0.0382. The minimum atomic E-state index is 0.0382. The quantitative estimate of drug-likeness (QED) is 0.876. The first kappa shape index (κ1) is 13.6. The number of nitrogens with two attached hydrogens (primary N) is 1. The van der Waals surface area contributed by atoms with Gasteiger partial charge in [-0.1, -0.05) is 17.7 Å². The van der Waals surface area contributed by atoms with E-state index in [-0.39, 0.29) is 17.9 Å². The van der Waals surface area contributed by atoms with Crippen LogP contribution in [0.1, 0.15) is 12.5 Å². The highest BCUT2D eigenvalue weighted by atomic mass is 35.5. The van der Waals surface area contributed by atoms with Crippen LogP contribution in [0, 0.1) is 0 Å². The number of hydrogen-bond acceptors (Lipinski definition) is 4. The van der Waals surface area contributed by atoms with E-state index in [4.69, 9.17) is 22.1 Å². The van der Waals surface area contributed by atoms with Crippen LogP contribution in [0.3, 0.4) is 0 Å². The molecule has 4 nitrogen and oxygen atoms in total. The maximum absolute atomic E-state index is 9.38. The third-order valence-corrected chi connectivity index (χ3v) is 3.49. The molecule has 2 unspecified atom stereocenters. The SMILES string of the molecule is CC(N)C1CN(Cc2ccc(O)c(Cl)c2)CCO1. The van der Waals surface area contributed by atoms with Crippen molar-refractivity contribution in [3.63, 3.8) is 0 Å². The van der Waals surface area contributed by atoms with Crippen LogP contribution in [-0.4, -0.2) is 41.8 Å². The summed E-state index contributed by atoms with van der Waals surface area (Å²) in [6.45, 7) is 5.19. The molecule has 0 saturated carbocycles. The second kappa shape index (κ2) is 5.89. The average Bonchev–Trinajstić information content (AvgIpc) is 2.34. The normalized spacial score (nSPS) is 22.9. The summed E-state index contributed by atoms with van der Waals surface area (Å²) in [5, 5.41) is 9.78. The molecular weight excluding hydrogens is 252 g/mol. The summed E-state index contributed by atoms with van der Waals surface area (Å²) in [5.74, 6) is 0.121. The van der Waals surface area contributed by atoms with E-state index in [9.17, 15) is 5.11 Å². The Labute approximate surface area is 112 Å². The zero-order valence-electron chi connectivity index (χ0n) is 10.5. The van der Waals surface area contributed by atoms with Crippen LogP contribution in [0.25, 0.3) is 0 Å². The van der Waals surface area contributed by atoms with E-state index in [1.165, 1.54) is 0 Å². The Morgan fingerprint density at radius 1 is 1.61 bits per heavy atom. The predicted molar refractivity (Wildman–Crippen MR) is 71.8 cm³/mol. The molecule has 1 aromatic carbocycles. The molecule has 1 aliphatic rings. The summed E-state index contributed by atoms with van der Waals surface area (Å²) in [5.41, 5.74) is 6.95. The lowest BCUT2D eigenvalue weighted by molar-refractivity contribution is -0.0403. The van der Waals surface area contributed by atoms with E-state index >= 15 is 0 Å². The second-order valence-corrected chi connectivity index (χ2v) is 5.20. The van der Waals surface area contributed by atoms with Crippen molar-refractivity contribution in [2.75, 3.05) is 19.7 Å². The van der Waals surface area contributed by atoms with E-state index in [1.807, 2.05) is 13.0 Å². The van der Waals surface area contributed by atoms with Gasteiger partial charge in [0.25, 0.3) is 0 Å². The van der Waals surface area contributed by atoms with Crippen LogP contribution in [0.2, 0.25) is 5.02 Å². The molecule has 0 amide bonds. The van der Waals surface area contributed by atoms with Gasteiger partial charge in [0, 0.05) is 25.7 Å². The van der Waals surface area contributed by atoms with Gasteiger partial charge in [-0.25, -0.2) is 0 Å². The lowest BCUT2D eigenvalue weighted by atomic mass is 10.1. The highest BCUT2D eigenvalue weighted by molar-refractivity contribution is 6.32. The summed E-state index contributed by atoms with van der Waals surface area (Å²) in [4.78, 5) is 2.29. The molecule has 0 spiro atoms. The fourth-order valence-corrected chi connectivity index (χ4v) is 2.30. The predicted octanol–water partition coefficient (Wildman–Crippen LogP) is 1.59. The zero-order valence-corrected chi connectivity index (χ0v) is 11.2.